The molecule has 2 saturated heterocycles. The Morgan fingerprint density at radius 2 is 1.67 bits per heavy atom. The quantitative estimate of drug-likeness (QED) is 0.379. The molecule has 5 rings (SSSR count). The number of amides is 1. The molecule has 3 unspecified atom stereocenters. The lowest BCUT2D eigenvalue weighted by molar-refractivity contribution is -0.173. The number of esters is 1. The third-order valence-corrected chi connectivity index (χ3v) is 8.07. The second-order valence-corrected chi connectivity index (χ2v) is 10.2. The lowest BCUT2D eigenvalue weighted by atomic mass is 9.94. The van der Waals surface area contributed by atoms with Gasteiger partial charge in [-0.05, 0) is 30.2 Å². The van der Waals surface area contributed by atoms with Crippen LogP contribution in [0.4, 0.5) is 4.39 Å². The summed E-state index contributed by atoms with van der Waals surface area (Å²) < 4.78 is 26.4. The third-order valence-electron chi connectivity index (χ3n) is 6.46. The minimum absolute atomic E-state index is 0. The predicted octanol–water partition coefficient (Wildman–Crippen LogP) is 4.33. The number of carbonyl (C=O) groups excluding carboxylic acids is 2. The molecular weight excluding hydrogens is 503 g/mol. The van der Waals surface area contributed by atoms with Crippen molar-refractivity contribution in [2.45, 2.75) is 35.3 Å². The number of ether oxygens (including phenoxy) is 2. The summed E-state index contributed by atoms with van der Waals surface area (Å²) in [7, 11) is 0. The Morgan fingerprint density at radius 3 is 2.25 bits per heavy atom. The van der Waals surface area contributed by atoms with E-state index in [-0.39, 0.29) is 36.0 Å². The van der Waals surface area contributed by atoms with Gasteiger partial charge in [-0.15, -0.1) is 24.2 Å². The van der Waals surface area contributed by atoms with Crippen LogP contribution in [0.3, 0.4) is 0 Å². The number of carbonyl (C=O) groups is 2. The average molecular weight is 529 g/mol. The SMILES string of the molecule is CC1S[C@@H]2C(N)C(=O)N2CC1(Oc1cccc(F)c1)C(=O)OC(c1ccccc1)c1ccccc1.Cl. The topological polar surface area (TPSA) is 81.9 Å². The van der Waals surface area contributed by atoms with E-state index in [1.807, 2.05) is 67.6 Å². The Bertz CT molecular complexity index is 1200. The Morgan fingerprint density at radius 1 is 1.06 bits per heavy atom. The molecule has 36 heavy (non-hydrogen) atoms. The number of rotatable bonds is 6. The molecule has 2 aliphatic rings. The Hall–Kier alpha value is -3.07. The summed E-state index contributed by atoms with van der Waals surface area (Å²) >= 11 is 1.39. The second kappa shape index (κ2) is 10.5. The van der Waals surface area contributed by atoms with Crippen LogP contribution in [0.2, 0.25) is 0 Å². The van der Waals surface area contributed by atoms with Crippen molar-refractivity contribution in [3.05, 3.63) is 102 Å². The molecule has 9 heteroatoms. The van der Waals surface area contributed by atoms with Crippen LogP contribution in [0.5, 0.6) is 5.75 Å². The van der Waals surface area contributed by atoms with Crippen LogP contribution >= 0.6 is 24.2 Å². The largest absolute Gasteiger partial charge is 0.472 e. The van der Waals surface area contributed by atoms with Gasteiger partial charge in [-0.1, -0.05) is 66.7 Å². The minimum Gasteiger partial charge on any atom is -0.472 e. The van der Waals surface area contributed by atoms with Crippen LogP contribution in [0, 0.1) is 5.82 Å². The van der Waals surface area contributed by atoms with Gasteiger partial charge >= 0.3 is 5.97 Å². The van der Waals surface area contributed by atoms with Gasteiger partial charge in [0.1, 0.15) is 23.0 Å². The zero-order valence-electron chi connectivity index (χ0n) is 19.5. The number of nitrogens with two attached hydrogens (primary N) is 1. The highest BCUT2D eigenvalue weighted by molar-refractivity contribution is 8.00. The fourth-order valence-electron chi connectivity index (χ4n) is 4.50. The lowest BCUT2D eigenvalue weighted by Gasteiger charge is -2.55. The maximum absolute atomic E-state index is 14.0. The molecule has 2 fully saturated rings. The number of hydrogen-bond acceptors (Lipinski definition) is 6. The number of benzene rings is 3. The molecular formula is C27H26ClFN2O4S. The van der Waals surface area contributed by atoms with Crippen LogP contribution in [0.15, 0.2) is 84.9 Å². The molecule has 0 spiro atoms. The summed E-state index contributed by atoms with van der Waals surface area (Å²) in [6, 6.07) is 23.8. The van der Waals surface area contributed by atoms with E-state index in [4.69, 9.17) is 15.2 Å². The standard InChI is InChI=1S/C27H25FN2O4S.ClH/c1-17-27(34-21-14-8-13-20(28)15-21,16-30-24(31)22(29)25(30)35-17)26(32)33-23(18-9-4-2-5-10-18)19-11-6-3-7-12-19;/h2-15,17,22-23,25H,16,29H2,1H3;1H/t17?,22?,25-,27?;/m1./s1. The first-order valence-corrected chi connectivity index (χ1v) is 12.3. The molecule has 6 nitrogen and oxygen atoms in total. The molecule has 2 heterocycles. The molecule has 1 amide bonds. The van der Waals surface area contributed by atoms with Crippen molar-refractivity contribution in [3.8, 4) is 5.75 Å². The zero-order chi connectivity index (χ0) is 24.6. The van der Waals surface area contributed by atoms with Crippen LogP contribution < -0.4 is 10.5 Å². The first kappa shape index (κ1) is 26.0. The second-order valence-electron chi connectivity index (χ2n) is 8.72. The summed E-state index contributed by atoms with van der Waals surface area (Å²) in [5.74, 6) is -1.20. The van der Waals surface area contributed by atoms with E-state index in [0.29, 0.717) is 0 Å². The van der Waals surface area contributed by atoms with Crippen LogP contribution in [0.25, 0.3) is 0 Å². The first-order chi connectivity index (χ1) is 16.9. The van der Waals surface area contributed by atoms with E-state index in [1.165, 1.54) is 34.9 Å². The van der Waals surface area contributed by atoms with Crippen LogP contribution in [-0.2, 0) is 14.3 Å². The van der Waals surface area contributed by atoms with E-state index in [0.717, 1.165) is 11.1 Å². The molecule has 2 N–H and O–H groups in total. The van der Waals surface area contributed by atoms with E-state index >= 15 is 0 Å². The number of fused-ring (bicyclic) bond motifs is 1. The van der Waals surface area contributed by atoms with Crippen molar-refractivity contribution in [3.63, 3.8) is 0 Å². The maximum atomic E-state index is 14.0. The van der Waals surface area contributed by atoms with E-state index in [2.05, 4.69) is 0 Å². The van der Waals surface area contributed by atoms with Crippen molar-refractivity contribution in [2.75, 3.05) is 6.54 Å². The van der Waals surface area contributed by atoms with Gasteiger partial charge in [0.2, 0.25) is 11.5 Å². The van der Waals surface area contributed by atoms with Gasteiger partial charge in [0.05, 0.1) is 11.8 Å². The summed E-state index contributed by atoms with van der Waals surface area (Å²) in [5, 5.41) is -0.667. The molecule has 188 valence electrons. The minimum atomic E-state index is -1.56. The average Bonchev–Trinajstić information content (AvgIpc) is 2.88. The highest BCUT2D eigenvalue weighted by Crippen LogP contribution is 2.45. The van der Waals surface area contributed by atoms with Gasteiger partial charge in [-0.2, -0.15) is 0 Å². The van der Waals surface area contributed by atoms with Crippen LogP contribution in [-0.4, -0.2) is 45.6 Å². The van der Waals surface area contributed by atoms with Crippen molar-refractivity contribution in [2.24, 2.45) is 5.73 Å². The molecule has 0 radical (unpaired) electrons. The first-order valence-electron chi connectivity index (χ1n) is 11.4. The Kier molecular flexibility index (Phi) is 7.59. The van der Waals surface area contributed by atoms with Crippen molar-refractivity contribution >= 4 is 36.0 Å². The van der Waals surface area contributed by atoms with Gasteiger partial charge < -0.3 is 20.1 Å². The fraction of sp³-hybridized carbons (Fsp3) is 0.259. The Labute approximate surface area is 219 Å². The van der Waals surface area contributed by atoms with E-state index in [1.54, 1.807) is 6.07 Å². The van der Waals surface area contributed by atoms with Crippen LogP contribution in [0.1, 0.15) is 24.2 Å². The van der Waals surface area contributed by atoms with Gasteiger partial charge in [0.15, 0.2) is 6.10 Å². The number of hydrogen-bond donors (Lipinski definition) is 1. The van der Waals surface area contributed by atoms with Gasteiger partial charge in [0.25, 0.3) is 0 Å². The molecule has 4 atom stereocenters. The highest BCUT2D eigenvalue weighted by Gasteiger charge is 2.61. The summed E-state index contributed by atoms with van der Waals surface area (Å²) in [5.41, 5.74) is 6.02. The number of nitrogens with zero attached hydrogens (tertiary/aromatic N) is 1. The monoisotopic (exact) mass is 528 g/mol. The van der Waals surface area contributed by atoms with Gasteiger partial charge in [-0.3, -0.25) is 4.79 Å². The number of halogens is 2. The third kappa shape index (κ3) is 4.68. The molecule has 0 aromatic heterocycles. The molecule has 0 aliphatic carbocycles. The normalized spacial score (nSPS) is 24.8. The van der Waals surface area contributed by atoms with Gasteiger partial charge in [-0.25, -0.2) is 9.18 Å². The van der Waals surface area contributed by atoms with E-state index < -0.39 is 34.8 Å². The fourth-order valence-corrected chi connectivity index (χ4v) is 5.96. The number of β-lactam (4-membered cyclic amide) rings is 1. The van der Waals surface area contributed by atoms with Crippen molar-refractivity contribution < 1.29 is 23.5 Å². The maximum Gasteiger partial charge on any atom is 0.354 e. The highest BCUT2D eigenvalue weighted by atomic mass is 35.5. The molecule has 3 aromatic rings. The van der Waals surface area contributed by atoms with Crippen molar-refractivity contribution in [1.82, 2.24) is 4.90 Å². The zero-order valence-corrected chi connectivity index (χ0v) is 21.1. The summed E-state index contributed by atoms with van der Waals surface area (Å²) in [6.07, 6.45) is -0.692. The number of thioether (sulfide) groups is 1. The van der Waals surface area contributed by atoms with Gasteiger partial charge in [0, 0.05) is 6.07 Å². The summed E-state index contributed by atoms with van der Waals surface area (Å²) in [6.45, 7) is 1.81. The molecule has 2 aliphatic heterocycles. The lowest BCUT2D eigenvalue weighted by Crippen LogP contribution is -2.76. The smallest absolute Gasteiger partial charge is 0.354 e. The molecule has 0 saturated carbocycles. The summed E-state index contributed by atoms with van der Waals surface area (Å²) in [4.78, 5) is 28.1. The molecule has 0 bridgehead atoms. The van der Waals surface area contributed by atoms with Crippen molar-refractivity contribution in [1.29, 1.82) is 0 Å². The van der Waals surface area contributed by atoms with E-state index in [9.17, 15) is 14.0 Å². The molecule has 3 aromatic carbocycles. The predicted molar refractivity (Wildman–Crippen MR) is 138 cm³/mol. The Balaban J connectivity index is 0.00000304.